The molecule has 1 heterocycles. The molecule has 126 valence electrons. The van der Waals surface area contributed by atoms with Gasteiger partial charge in [0.25, 0.3) is 0 Å². The average molecular weight is 383 g/mol. The highest BCUT2D eigenvalue weighted by Crippen LogP contribution is 2.28. The van der Waals surface area contributed by atoms with Crippen LogP contribution in [0.1, 0.15) is 12.5 Å². The molecule has 3 rings (SSSR count). The van der Waals surface area contributed by atoms with Gasteiger partial charge >= 0.3 is 0 Å². The van der Waals surface area contributed by atoms with Crippen LogP contribution in [0.5, 0.6) is 0 Å². The van der Waals surface area contributed by atoms with Crippen LogP contribution in [0.4, 0.5) is 0 Å². The van der Waals surface area contributed by atoms with Gasteiger partial charge < -0.3 is 10.3 Å². The lowest BCUT2D eigenvalue weighted by molar-refractivity contribution is 0.727. The van der Waals surface area contributed by atoms with Crippen molar-refractivity contribution in [1.82, 2.24) is 15.3 Å². The van der Waals surface area contributed by atoms with E-state index in [0.717, 1.165) is 35.7 Å². The van der Waals surface area contributed by atoms with Crippen LogP contribution in [0, 0.1) is 0 Å². The fourth-order valence-corrected chi connectivity index (χ4v) is 2.67. The molecule has 0 fully saturated rings. The third-order valence-corrected chi connectivity index (χ3v) is 4.32. The second-order valence-electron chi connectivity index (χ2n) is 5.26. The van der Waals surface area contributed by atoms with E-state index in [1.54, 1.807) is 6.07 Å². The van der Waals surface area contributed by atoms with Gasteiger partial charge in [-0.2, -0.15) is 0 Å². The van der Waals surface area contributed by atoms with Crippen LogP contribution in [0.15, 0.2) is 48.7 Å². The number of nitrogens with one attached hydrogen (secondary N) is 2. The second kappa shape index (κ2) is 8.54. The van der Waals surface area contributed by atoms with Crippen molar-refractivity contribution < 1.29 is 0 Å². The summed E-state index contributed by atoms with van der Waals surface area (Å²) in [6, 6.07) is 13.9. The Balaban J connectivity index is 0.00000208. The predicted octanol–water partition coefficient (Wildman–Crippen LogP) is 5.58. The van der Waals surface area contributed by atoms with E-state index in [2.05, 4.69) is 46.5 Å². The summed E-state index contributed by atoms with van der Waals surface area (Å²) in [6.45, 7) is 3.91. The van der Waals surface area contributed by atoms with Gasteiger partial charge in [0.05, 0.1) is 21.9 Å². The van der Waals surface area contributed by atoms with Gasteiger partial charge in [-0.3, -0.25) is 0 Å². The molecule has 0 aliphatic rings. The molecule has 0 saturated carbocycles. The first-order valence-corrected chi connectivity index (χ1v) is 8.23. The van der Waals surface area contributed by atoms with Gasteiger partial charge in [0, 0.05) is 12.1 Å². The van der Waals surface area contributed by atoms with Gasteiger partial charge in [0.15, 0.2) is 0 Å². The fraction of sp³-hybridized carbons (Fsp3) is 0.167. The lowest BCUT2D eigenvalue weighted by Gasteiger charge is -2.04. The van der Waals surface area contributed by atoms with Crippen molar-refractivity contribution >= 4 is 35.6 Å². The summed E-state index contributed by atoms with van der Waals surface area (Å²) >= 11 is 12.0. The van der Waals surface area contributed by atoms with E-state index in [4.69, 9.17) is 23.2 Å². The molecular weight excluding hydrogens is 365 g/mol. The number of hydrogen-bond acceptors (Lipinski definition) is 2. The van der Waals surface area contributed by atoms with Gasteiger partial charge in [-0.15, -0.1) is 12.4 Å². The fourth-order valence-electron chi connectivity index (χ4n) is 2.38. The van der Waals surface area contributed by atoms with Crippen LogP contribution in [0.25, 0.3) is 22.6 Å². The average Bonchev–Trinajstić information content (AvgIpc) is 3.06. The molecule has 0 spiro atoms. The molecule has 6 heteroatoms. The molecule has 0 unspecified atom stereocenters. The van der Waals surface area contributed by atoms with Crippen molar-refractivity contribution in [3.63, 3.8) is 0 Å². The molecule has 0 aliphatic carbocycles. The molecule has 0 radical (unpaired) electrons. The Hall–Kier alpha value is -1.52. The molecular formula is C18H18Cl3N3. The summed E-state index contributed by atoms with van der Waals surface area (Å²) in [5, 5.41) is 4.40. The highest BCUT2D eigenvalue weighted by Gasteiger charge is 2.08. The van der Waals surface area contributed by atoms with Gasteiger partial charge in [-0.25, -0.2) is 4.98 Å². The molecule has 0 amide bonds. The Morgan fingerprint density at radius 1 is 1.04 bits per heavy atom. The van der Waals surface area contributed by atoms with E-state index < -0.39 is 0 Å². The van der Waals surface area contributed by atoms with Crippen LogP contribution >= 0.6 is 35.6 Å². The first-order chi connectivity index (χ1) is 11.2. The van der Waals surface area contributed by atoms with Crippen molar-refractivity contribution in [2.24, 2.45) is 0 Å². The smallest absolute Gasteiger partial charge is 0.137 e. The second-order valence-corrected chi connectivity index (χ2v) is 6.07. The van der Waals surface area contributed by atoms with E-state index >= 15 is 0 Å². The maximum absolute atomic E-state index is 6.08. The van der Waals surface area contributed by atoms with Crippen LogP contribution in [-0.4, -0.2) is 16.5 Å². The molecule has 0 atom stereocenters. The molecule has 0 saturated heterocycles. The summed E-state index contributed by atoms with van der Waals surface area (Å²) in [7, 11) is 0. The zero-order valence-electron chi connectivity index (χ0n) is 13.1. The highest BCUT2D eigenvalue weighted by molar-refractivity contribution is 6.42. The lowest BCUT2D eigenvalue weighted by atomic mass is 10.1. The molecule has 3 aromatic rings. The Morgan fingerprint density at radius 2 is 1.88 bits per heavy atom. The number of aromatic nitrogens is 2. The minimum Gasteiger partial charge on any atom is -0.338 e. The largest absolute Gasteiger partial charge is 0.338 e. The summed E-state index contributed by atoms with van der Waals surface area (Å²) in [4.78, 5) is 7.80. The molecule has 2 N–H and O–H groups in total. The number of nitrogens with zero attached hydrogens (tertiary/aromatic N) is 1. The molecule has 0 aliphatic heterocycles. The number of halogens is 3. The predicted molar refractivity (Wildman–Crippen MR) is 104 cm³/mol. The quantitative estimate of drug-likeness (QED) is 0.604. The van der Waals surface area contributed by atoms with Crippen molar-refractivity contribution in [2.45, 2.75) is 13.5 Å². The van der Waals surface area contributed by atoms with Gasteiger partial charge in [-0.05, 0) is 41.9 Å². The lowest BCUT2D eigenvalue weighted by Crippen LogP contribution is -2.11. The van der Waals surface area contributed by atoms with Crippen LogP contribution < -0.4 is 5.32 Å². The molecule has 1 aromatic heterocycles. The SMILES string of the molecule is CCNCc1cccc(-c2cnc(-c3ccc(Cl)c(Cl)c3)[nH]2)c1.Cl. The zero-order valence-corrected chi connectivity index (χ0v) is 15.5. The topological polar surface area (TPSA) is 40.7 Å². The van der Waals surface area contributed by atoms with E-state index in [1.165, 1.54) is 5.56 Å². The van der Waals surface area contributed by atoms with E-state index in [-0.39, 0.29) is 12.4 Å². The minimum absolute atomic E-state index is 0. The highest BCUT2D eigenvalue weighted by atomic mass is 35.5. The van der Waals surface area contributed by atoms with E-state index in [9.17, 15) is 0 Å². The van der Waals surface area contributed by atoms with Crippen molar-refractivity contribution in [3.8, 4) is 22.6 Å². The number of benzene rings is 2. The number of H-pyrrole nitrogens is 1. The molecule has 0 bridgehead atoms. The first kappa shape index (κ1) is 18.8. The van der Waals surface area contributed by atoms with Crippen molar-refractivity contribution in [1.29, 1.82) is 0 Å². The van der Waals surface area contributed by atoms with Crippen LogP contribution in [0.2, 0.25) is 10.0 Å². The maximum atomic E-state index is 6.08. The number of hydrogen-bond donors (Lipinski definition) is 2. The standard InChI is InChI=1S/C18H17Cl2N3.ClH/c1-2-21-10-12-4-3-5-13(8-12)17-11-22-18(23-17)14-6-7-15(19)16(20)9-14;/h3-9,11,21H,2,10H2,1H3,(H,22,23);1H. The number of imidazole rings is 1. The summed E-state index contributed by atoms with van der Waals surface area (Å²) in [5.74, 6) is 0.774. The van der Waals surface area contributed by atoms with E-state index in [0.29, 0.717) is 10.0 Å². The van der Waals surface area contributed by atoms with Crippen LogP contribution in [-0.2, 0) is 6.54 Å². The Labute approximate surface area is 157 Å². The van der Waals surface area contributed by atoms with Crippen molar-refractivity contribution in [3.05, 3.63) is 64.3 Å². The van der Waals surface area contributed by atoms with Gasteiger partial charge in [-0.1, -0.05) is 48.3 Å². The maximum Gasteiger partial charge on any atom is 0.137 e. The molecule has 2 aromatic carbocycles. The normalized spacial score (nSPS) is 10.5. The molecule has 3 nitrogen and oxygen atoms in total. The van der Waals surface area contributed by atoms with Gasteiger partial charge in [0.1, 0.15) is 5.82 Å². The Bertz CT molecular complexity index is 815. The summed E-state index contributed by atoms with van der Waals surface area (Å²) in [5.41, 5.74) is 4.24. The summed E-state index contributed by atoms with van der Waals surface area (Å²) < 4.78 is 0. The molecule has 24 heavy (non-hydrogen) atoms. The van der Waals surface area contributed by atoms with Crippen molar-refractivity contribution in [2.75, 3.05) is 6.54 Å². The van der Waals surface area contributed by atoms with Crippen LogP contribution in [0.3, 0.4) is 0 Å². The Kier molecular flexibility index (Phi) is 6.69. The zero-order chi connectivity index (χ0) is 16.2. The number of aromatic amines is 1. The monoisotopic (exact) mass is 381 g/mol. The van der Waals surface area contributed by atoms with Gasteiger partial charge in [0.2, 0.25) is 0 Å². The van der Waals surface area contributed by atoms with E-state index in [1.807, 2.05) is 18.3 Å². The first-order valence-electron chi connectivity index (χ1n) is 7.48. The minimum atomic E-state index is 0. The number of rotatable bonds is 5. The third kappa shape index (κ3) is 4.31. The Morgan fingerprint density at radius 3 is 2.62 bits per heavy atom. The third-order valence-electron chi connectivity index (χ3n) is 3.59. The summed E-state index contributed by atoms with van der Waals surface area (Å²) in [6.07, 6.45) is 1.84.